The van der Waals surface area contributed by atoms with Crippen molar-refractivity contribution in [1.29, 1.82) is 0 Å². The van der Waals surface area contributed by atoms with Crippen LogP contribution in [0, 0.1) is 5.92 Å². The number of nitrogens with zero attached hydrogens (tertiary/aromatic N) is 1. The molecule has 0 aromatic heterocycles. The lowest BCUT2D eigenvalue weighted by Crippen LogP contribution is -2.42. The average Bonchev–Trinajstić information content (AvgIpc) is 2.62. The molecule has 0 bridgehead atoms. The van der Waals surface area contributed by atoms with Gasteiger partial charge >= 0.3 is 0 Å². The first-order valence-electron chi connectivity index (χ1n) is 9.24. The molecule has 1 aliphatic rings. The maximum absolute atomic E-state index is 12.3. The van der Waals surface area contributed by atoms with E-state index in [1.54, 1.807) is 0 Å². The van der Waals surface area contributed by atoms with Crippen LogP contribution in [0.3, 0.4) is 0 Å². The largest absolute Gasteiger partial charge is 0.356 e. The molecule has 1 amide bonds. The van der Waals surface area contributed by atoms with Crippen LogP contribution in [0.2, 0.25) is 0 Å². The Morgan fingerprint density at radius 2 is 2.04 bits per heavy atom. The molecule has 0 radical (unpaired) electrons. The predicted molar refractivity (Wildman–Crippen MR) is 99.9 cm³/mol. The Morgan fingerprint density at radius 1 is 1.21 bits per heavy atom. The fourth-order valence-corrected chi connectivity index (χ4v) is 3.62. The van der Waals surface area contributed by atoms with Gasteiger partial charge in [0, 0.05) is 19.6 Å². The first-order chi connectivity index (χ1) is 11.8. The first kappa shape index (κ1) is 17.0. The number of carbonyl (C=O) groups excluding carboxylic acids is 1. The zero-order valence-corrected chi connectivity index (χ0v) is 14.6. The Hall–Kier alpha value is -1.87. The number of rotatable bonds is 6. The summed E-state index contributed by atoms with van der Waals surface area (Å²) in [6.45, 7) is 5.86. The topological polar surface area (TPSA) is 32.3 Å². The van der Waals surface area contributed by atoms with Crippen LogP contribution in [0.1, 0.15) is 38.2 Å². The number of hydrogen-bond donors (Lipinski definition) is 1. The maximum Gasteiger partial charge on any atom is 0.224 e. The van der Waals surface area contributed by atoms with Crippen LogP contribution in [0.15, 0.2) is 42.5 Å². The van der Waals surface area contributed by atoms with Crippen molar-refractivity contribution in [2.45, 2.75) is 39.2 Å². The minimum atomic E-state index is 0.144. The van der Waals surface area contributed by atoms with Crippen molar-refractivity contribution in [3.8, 4) is 0 Å². The van der Waals surface area contributed by atoms with Gasteiger partial charge < -0.3 is 5.32 Å². The number of benzene rings is 2. The average molecular weight is 324 g/mol. The summed E-state index contributed by atoms with van der Waals surface area (Å²) >= 11 is 0. The van der Waals surface area contributed by atoms with Gasteiger partial charge in [-0.05, 0) is 42.1 Å². The van der Waals surface area contributed by atoms with Gasteiger partial charge in [-0.2, -0.15) is 0 Å². The summed E-state index contributed by atoms with van der Waals surface area (Å²) in [5, 5.41) is 5.72. The summed E-state index contributed by atoms with van der Waals surface area (Å²) in [6.07, 6.45) is 4.32. The van der Waals surface area contributed by atoms with Gasteiger partial charge in [-0.3, -0.25) is 9.69 Å². The number of unbranched alkanes of at least 4 members (excludes halogenated alkanes) is 1. The lowest BCUT2D eigenvalue weighted by molar-refractivity contribution is -0.126. The van der Waals surface area contributed by atoms with Gasteiger partial charge in [0.2, 0.25) is 5.91 Å². The van der Waals surface area contributed by atoms with Gasteiger partial charge in [0.25, 0.3) is 0 Å². The van der Waals surface area contributed by atoms with E-state index < -0.39 is 0 Å². The second-order valence-corrected chi connectivity index (χ2v) is 6.86. The van der Waals surface area contributed by atoms with Gasteiger partial charge in [-0.25, -0.2) is 0 Å². The fraction of sp³-hybridized carbons (Fsp3) is 0.476. The molecule has 1 saturated heterocycles. The summed E-state index contributed by atoms with van der Waals surface area (Å²) in [5.41, 5.74) is 1.36. The van der Waals surface area contributed by atoms with Gasteiger partial charge in [-0.15, -0.1) is 0 Å². The molecule has 0 spiro atoms. The Kier molecular flexibility index (Phi) is 5.86. The lowest BCUT2D eigenvalue weighted by Gasteiger charge is -2.32. The summed E-state index contributed by atoms with van der Waals surface area (Å²) in [6, 6.07) is 15.1. The van der Waals surface area contributed by atoms with E-state index in [0.717, 1.165) is 51.9 Å². The van der Waals surface area contributed by atoms with Gasteiger partial charge in [-0.1, -0.05) is 55.8 Å². The van der Waals surface area contributed by atoms with Gasteiger partial charge in [0.05, 0.1) is 5.92 Å². The number of piperidine rings is 1. The van der Waals surface area contributed by atoms with Crippen molar-refractivity contribution in [3.05, 3.63) is 48.0 Å². The quantitative estimate of drug-likeness (QED) is 0.816. The van der Waals surface area contributed by atoms with Crippen LogP contribution in [-0.2, 0) is 11.3 Å². The molecular formula is C21H28N2O. The van der Waals surface area contributed by atoms with Crippen molar-refractivity contribution < 1.29 is 4.79 Å². The summed E-state index contributed by atoms with van der Waals surface area (Å²) in [5.74, 6) is 0.386. The minimum absolute atomic E-state index is 0.144. The molecule has 1 aliphatic heterocycles. The van der Waals surface area contributed by atoms with E-state index in [1.807, 2.05) is 0 Å². The Balaban J connectivity index is 1.63. The fourth-order valence-electron chi connectivity index (χ4n) is 3.62. The maximum atomic E-state index is 12.3. The smallest absolute Gasteiger partial charge is 0.224 e. The molecule has 1 unspecified atom stereocenters. The molecule has 1 heterocycles. The number of amides is 1. The second-order valence-electron chi connectivity index (χ2n) is 6.86. The monoisotopic (exact) mass is 324 g/mol. The normalized spacial score (nSPS) is 18.6. The van der Waals surface area contributed by atoms with Crippen LogP contribution in [0.25, 0.3) is 10.8 Å². The molecule has 1 N–H and O–H groups in total. The summed E-state index contributed by atoms with van der Waals surface area (Å²) < 4.78 is 0. The van der Waals surface area contributed by atoms with Crippen molar-refractivity contribution >= 4 is 16.7 Å². The van der Waals surface area contributed by atoms with Gasteiger partial charge in [0.1, 0.15) is 0 Å². The molecular weight excluding hydrogens is 296 g/mol. The zero-order chi connectivity index (χ0) is 16.8. The number of fused-ring (bicyclic) bond motifs is 1. The van der Waals surface area contributed by atoms with Crippen molar-refractivity contribution in [2.24, 2.45) is 5.92 Å². The van der Waals surface area contributed by atoms with Crippen LogP contribution in [-0.4, -0.2) is 30.4 Å². The SMILES string of the molecule is CCCCNC(=O)C1CCCN(Cc2cccc3ccccc23)C1. The van der Waals surface area contributed by atoms with E-state index >= 15 is 0 Å². The lowest BCUT2D eigenvalue weighted by atomic mass is 9.96. The standard InChI is InChI=1S/C21H28N2O/c1-2-3-13-22-21(24)19-11-7-14-23(16-19)15-18-10-6-9-17-8-4-5-12-20(17)18/h4-6,8-10,12,19H,2-3,7,11,13-16H2,1H3,(H,22,24). The highest BCUT2D eigenvalue weighted by molar-refractivity contribution is 5.85. The molecule has 24 heavy (non-hydrogen) atoms. The minimum Gasteiger partial charge on any atom is -0.356 e. The van der Waals surface area contributed by atoms with E-state index in [0.29, 0.717) is 0 Å². The van der Waals surface area contributed by atoms with Crippen LogP contribution in [0.4, 0.5) is 0 Å². The van der Waals surface area contributed by atoms with E-state index in [4.69, 9.17) is 0 Å². The third-order valence-corrected chi connectivity index (χ3v) is 4.98. The van der Waals surface area contributed by atoms with Crippen molar-refractivity contribution in [1.82, 2.24) is 10.2 Å². The van der Waals surface area contributed by atoms with E-state index in [9.17, 15) is 4.79 Å². The Bertz CT molecular complexity index is 677. The molecule has 0 saturated carbocycles. The van der Waals surface area contributed by atoms with Crippen LogP contribution in [0.5, 0.6) is 0 Å². The molecule has 1 fully saturated rings. The second kappa shape index (κ2) is 8.29. The number of likely N-dealkylation sites (tertiary alicyclic amines) is 1. The van der Waals surface area contributed by atoms with Gasteiger partial charge in [0.15, 0.2) is 0 Å². The molecule has 2 aromatic rings. The highest BCUT2D eigenvalue weighted by Crippen LogP contribution is 2.23. The Morgan fingerprint density at radius 3 is 2.92 bits per heavy atom. The summed E-state index contributed by atoms with van der Waals surface area (Å²) in [4.78, 5) is 14.8. The molecule has 3 heteroatoms. The molecule has 1 atom stereocenters. The molecule has 2 aromatic carbocycles. The van der Waals surface area contributed by atoms with Crippen LogP contribution >= 0.6 is 0 Å². The third-order valence-electron chi connectivity index (χ3n) is 4.98. The van der Waals surface area contributed by atoms with Crippen LogP contribution < -0.4 is 5.32 Å². The highest BCUT2D eigenvalue weighted by Gasteiger charge is 2.25. The first-order valence-corrected chi connectivity index (χ1v) is 9.24. The number of nitrogens with one attached hydrogen (secondary N) is 1. The summed E-state index contributed by atoms with van der Waals surface area (Å²) in [7, 11) is 0. The molecule has 0 aliphatic carbocycles. The molecule has 128 valence electrons. The van der Waals surface area contributed by atoms with E-state index in [2.05, 4.69) is 59.6 Å². The van der Waals surface area contributed by atoms with E-state index in [-0.39, 0.29) is 11.8 Å². The predicted octanol–water partition coefficient (Wildman–Crippen LogP) is 3.97. The van der Waals surface area contributed by atoms with E-state index in [1.165, 1.54) is 16.3 Å². The number of hydrogen-bond acceptors (Lipinski definition) is 2. The van der Waals surface area contributed by atoms with Crippen molar-refractivity contribution in [2.75, 3.05) is 19.6 Å². The highest BCUT2D eigenvalue weighted by atomic mass is 16.1. The van der Waals surface area contributed by atoms with Crippen molar-refractivity contribution in [3.63, 3.8) is 0 Å². The molecule has 3 nitrogen and oxygen atoms in total. The molecule has 3 rings (SSSR count). The third kappa shape index (κ3) is 4.15. The number of carbonyl (C=O) groups is 1. The Labute approximate surface area is 145 Å². The zero-order valence-electron chi connectivity index (χ0n) is 14.6.